The SMILES string of the molecule is O=S(=O)(OC1CC=CC1)c1ccc(Br)cc1. The minimum absolute atomic E-state index is 0.197. The van der Waals surface area contributed by atoms with Gasteiger partial charge in [-0.3, -0.25) is 4.18 Å². The first-order valence-electron chi connectivity index (χ1n) is 4.92. The van der Waals surface area contributed by atoms with Gasteiger partial charge in [0.15, 0.2) is 0 Å². The maximum absolute atomic E-state index is 11.8. The van der Waals surface area contributed by atoms with Gasteiger partial charge < -0.3 is 0 Å². The zero-order valence-corrected chi connectivity index (χ0v) is 10.9. The van der Waals surface area contributed by atoms with Crippen LogP contribution in [-0.4, -0.2) is 14.5 Å². The van der Waals surface area contributed by atoms with Crippen molar-refractivity contribution in [1.82, 2.24) is 0 Å². The van der Waals surface area contributed by atoms with E-state index in [-0.39, 0.29) is 11.0 Å². The monoisotopic (exact) mass is 302 g/mol. The third-order valence-corrected chi connectivity index (χ3v) is 4.23. The molecular formula is C11H11BrO3S. The molecule has 5 heteroatoms. The van der Waals surface area contributed by atoms with Gasteiger partial charge in [-0.15, -0.1) is 0 Å². The Morgan fingerprint density at radius 3 is 2.25 bits per heavy atom. The fourth-order valence-electron chi connectivity index (χ4n) is 1.51. The van der Waals surface area contributed by atoms with E-state index in [4.69, 9.17) is 4.18 Å². The molecule has 86 valence electrons. The Labute approximate surface area is 103 Å². The molecule has 0 fully saturated rings. The fourth-order valence-corrected chi connectivity index (χ4v) is 2.87. The van der Waals surface area contributed by atoms with Gasteiger partial charge in [-0.05, 0) is 37.1 Å². The summed E-state index contributed by atoms with van der Waals surface area (Å²) in [4.78, 5) is 0.197. The lowest BCUT2D eigenvalue weighted by Gasteiger charge is -2.11. The molecule has 3 nitrogen and oxygen atoms in total. The van der Waals surface area contributed by atoms with Gasteiger partial charge in [-0.2, -0.15) is 8.42 Å². The van der Waals surface area contributed by atoms with Crippen LogP contribution in [0.3, 0.4) is 0 Å². The minimum Gasteiger partial charge on any atom is -0.262 e. The van der Waals surface area contributed by atoms with Crippen LogP contribution in [0, 0.1) is 0 Å². The predicted molar refractivity (Wildman–Crippen MR) is 64.6 cm³/mol. The summed E-state index contributed by atoms with van der Waals surface area (Å²) in [6.45, 7) is 0. The normalized spacial score (nSPS) is 16.8. The molecule has 0 amide bonds. The molecule has 1 aliphatic rings. The number of hydrogen-bond acceptors (Lipinski definition) is 3. The van der Waals surface area contributed by atoms with Crippen LogP contribution in [0.2, 0.25) is 0 Å². The van der Waals surface area contributed by atoms with Crippen molar-refractivity contribution in [3.05, 3.63) is 40.9 Å². The van der Waals surface area contributed by atoms with Crippen LogP contribution in [-0.2, 0) is 14.3 Å². The van der Waals surface area contributed by atoms with Crippen molar-refractivity contribution >= 4 is 26.0 Å². The second kappa shape index (κ2) is 4.69. The second-order valence-corrected chi connectivity index (χ2v) is 6.06. The first-order valence-corrected chi connectivity index (χ1v) is 7.12. The van der Waals surface area contributed by atoms with Crippen LogP contribution in [0.1, 0.15) is 12.8 Å². The number of hydrogen-bond donors (Lipinski definition) is 0. The zero-order chi connectivity index (χ0) is 11.6. The zero-order valence-electron chi connectivity index (χ0n) is 8.47. The Morgan fingerprint density at radius 2 is 1.69 bits per heavy atom. The maximum Gasteiger partial charge on any atom is 0.297 e. The minimum atomic E-state index is -3.62. The predicted octanol–water partition coefficient (Wildman–Crippen LogP) is 2.87. The van der Waals surface area contributed by atoms with E-state index >= 15 is 0 Å². The van der Waals surface area contributed by atoms with Gasteiger partial charge in [0.1, 0.15) is 0 Å². The van der Waals surface area contributed by atoms with Crippen molar-refractivity contribution in [2.45, 2.75) is 23.8 Å². The number of benzene rings is 1. The first-order chi connectivity index (χ1) is 7.58. The molecule has 0 unspecified atom stereocenters. The smallest absolute Gasteiger partial charge is 0.262 e. The van der Waals surface area contributed by atoms with Gasteiger partial charge >= 0.3 is 0 Å². The van der Waals surface area contributed by atoms with Crippen molar-refractivity contribution in [3.8, 4) is 0 Å². The second-order valence-electron chi connectivity index (χ2n) is 3.57. The Bertz CT molecular complexity index is 482. The van der Waals surface area contributed by atoms with E-state index < -0.39 is 10.1 Å². The van der Waals surface area contributed by atoms with E-state index in [0.717, 1.165) is 4.47 Å². The van der Waals surface area contributed by atoms with E-state index in [1.54, 1.807) is 12.1 Å². The molecule has 0 radical (unpaired) electrons. The molecule has 0 heterocycles. The van der Waals surface area contributed by atoms with Crippen LogP contribution < -0.4 is 0 Å². The highest BCUT2D eigenvalue weighted by molar-refractivity contribution is 9.10. The molecular weight excluding hydrogens is 292 g/mol. The van der Waals surface area contributed by atoms with Gasteiger partial charge in [0, 0.05) is 4.47 Å². The Kier molecular flexibility index (Phi) is 3.47. The van der Waals surface area contributed by atoms with Gasteiger partial charge in [0.2, 0.25) is 0 Å². The average molecular weight is 303 g/mol. The molecule has 0 aromatic heterocycles. The summed E-state index contributed by atoms with van der Waals surface area (Å²) in [5, 5.41) is 0. The molecule has 2 rings (SSSR count). The van der Waals surface area contributed by atoms with Crippen LogP contribution in [0.4, 0.5) is 0 Å². The van der Waals surface area contributed by atoms with Crippen LogP contribution >= 0.6 is 15.9 Å². The summed E-state index contributed by atoms with van der Waals surface area (Å²) in [5.41, 5.74) is 0. The molecule has 0 aliphatic heterocycles. The van der Waals surface area contributed by atoms with Crippen molar-refractivity contribution in [1.29, 1.82) is 0 Å². The van der Waals surface area contributed by atoms with Gasteiger partial charge in [-0.1, -0.05) is 28.1 Å². The topological polar surface area (TPSA) is 43.4 Å². The third kappa shape index (κ3) is 2.72. The Morgan fingerprint density at radius 1 is 1.12 bits per heavy atom. The summed E-state index contributed by atoms with van der Waals surface area (Å²) in [6.07, 6.45) is 4.95. The Hall–Kier alpha value is -0.650. The first kappa shape index (κ1) is 11.8. The molecule has 0 saturated carbocycles. The van der Waals surface area contributed by atoms with Crippen molar-refractivity contribution in [3.63, 3.8) is 0 Å². The molecule has 0 N–H and O–H groups in total. The third-order valence-electron chi connectivity index (χ3n) is 2.33. The molecule has 1 aromatic rings. The molecule has 0 saturated heterocycles. The summed E-state index contributed by atoms with van der Waals surface area (Å²) in [7, 11) is -3.62. The van der Waals surface area contributed by atoms with Crippen LogP contribution in [0.5, 0.6) is 0 Å². The molecule has 0 spiro atoms. The fraction of sp³-hybridized carbons (Fsp3) is 0.273. The van der Waals surface area contributed by atoms with Crippen molar-refractivity contribution in [2.75, 3.05) is 0 Å². The maximum atomic E-state index is 11.8. The van der Waals surface area contributed by atoms with Gasteiger partial charge in [0.25, 0.3) is 10.1 Å². The van der Waals surface area contributed by atoms with E-state index in [0.29, 0.717) is 12.8 Å². The van der Waals surface area contributed by atoms with E-state index in [1.165, 1.54) is 12.1 Å². The van der Waals surface area contributed by atoms with Gasteiger partial charge in [0.05, 0.1) is 11.0 Å². The highest BCUT2D eigenvalue weighted by Gasteiger charge is 2.22. The quantitative estimate of drug-likeness (QED) is 0.637. The Balaban J connectivity index is 2.15. The van der Waals surface area contributed by atoms with Crippen LogP contribution in [0.15, 0.2) is 45.8 Å². The highest BCUT2D eigenvalue weighted by Crippen LogP contribution is 2.22. The lowest BCUT2D eigenvalue weighted by molar-refractivity contribution is 0.224. The summed E-state index contributed by atoms with van der Waals surface area (Å²) < 4.78 is 29.6. The molecule has 1 aliphatic carbocycles. The van der Waals surface area contributed by atoms with E-state index in [2.05, 4.69) is 15.9 Å². The molecule has 0 atom stereocenters. The lowest BCUT2D eigenvalue weighted by atomic mass is 10.3. The van der Waals surface area contributed by atoms with Gasteiger partial charge in [-0.25, -0.2) is 0 Å². The van der Waals surface area contributed by atoms with E-state index in [1.807, 2.05) is 12.2 Å². The van der Waals surface area contributed by atoms with Crippen molar-refractivity contribution in [2.24, 2.45) is 0 Å². The van der Waals surface area contributed by atoms with E-state index in [9.17, 15) is 8.42 Å². The van der Waals surface area contributed by atoms with Crippen LogP contribution in [0.25, 0.3) is 0 Å². The average Bonchev–Trinajstić information content (AvgIpc) is 2.70. The number of rotatable bonds is 3. The van der Waals surface area contributed by atoms with Crippen molar-refractivity contribution < 1.29 is 12.6 Å². The highest BCUT2D eigenvalue weighted by atomic mass is 79.9. The summed E-state index contributed by atoms with van der Waals surface area (Å²) in [6, 6.07) is 6.43. The standard InChI is InChI=1S/C11H11BrO3S/c12-9-5-7-11(8-6-9)16(13,14)15-10-3-1-2-4-10/h1-2,5-8,10H,3-4H2. The molecule has 16 heavy (non-hydrogen) atoms. The number of halogens is 1. The molecule has 1 aromatic carbocycles. The summed E-state index contributed by atoms with van der Waals surface area (Å²) in [5.74, 6) is 0. The lowest BCUT2D eigenvalue weighted by Crippen LogP contribution is -2.15. The largest absolute Gasteiger partial charge is 0.297 e. The molecule has 0 bridgehead atoms. The summed E-state index contributed by atoms with van der Waals surface area (Å²) >= 11 is 3.25.